The third-order valence-corrected chi connectivity index (χ3v) is 3.83. The fraction of sp³-hybridized carbons (Fsp3) is 0.267. The average molecular weight is 337 g/mol. The molecule has 1 heterocycles. The molecule has 0 aliphatic carbocycles. The number of nitrogens with one attached hydrogen (secondary N) is 1. The standard InChI is InChI=1S/C15H17ClN4O3/c1-8(18-10-6-4-9(16)5-7-10)12(21)11-13(17)19(2)15(23)20(3)14(11)22/h4-8,18H,17H2,1-3H3/t8-/m1/s1. The van der Waals surface area contributed by atoms with Crippen LogP contribution in [0.4, 0.5) is 11.5 Å². The zero-order chi connectivity index (χ0) is 17.3. The molecule has 0 aliphatic heterocycles. The van der Waals surface area contributed by atoms with E-state index in [1.165, 1.54) is 14.1 Å². The van der Waals surface area contributed by atoms with Crippen LogP contribution in [0.5, 0.6) is 0 Å². The molecule has 3 N–H and O–H groups in total. The van der Waals surface area contributed by atoms with Crippen LogP contribution in [0.2, 0.25) is 5.02 Å². The first kappa shape index (κ1) is 16.8. The van der Waals surface area contributed by atoms with E-state index in [9.17, 15) is 14.4 Å². The van der Waals surface area contributed by atoms with Gasteiger partial charge in [-0.05, 0) is 31.2 Å². The van der Waals surface area contributed by atoms with Gasteiger partial charge in [0.15, 0.2) is 5.78 Å². The van der Waals surface area contributed by atoms with E-state index in [2.05, 4.69) is 5.32 Å². The molecule has 8 heteroatoms. The van der Waals surface area contributed by atoms with Crippen LogP contribution >= 0.6 is 11.6 Å². The Balaban J connectivity index is 2.39. The van der Waals surface area contributed by atoms with E-state index >= 15 is 0 Å². The van der Waals surface area contributed by atoms with Crippen molar-refractivity contribution in [3.8, 4) is 0 Å². The molecule has 1 aromatic heterocycles. The Labute approximate surface area is 137 Å². The second kappa shape index (κ2) is 6.29. The number of aromatic nitrogens is 2. The molecule has 0 bridgehead atoms. The highest BCUT2D eigenvalue weighted by molar-refractivity contribution is 6.30. The number of hydrogen-bond donors (Lipinski definition) is 2. The Kier molecular flexibility index (Phi) is 4.60. The number of hydrogen-bond acceptors (Lipinski definition) is 5. The summed E-state index contributed by atoms with van der Waals surface area (Å²) in [5, 5.41) is 3.55. The SMILES string of the molecule is C[C@@H](Nc1ccc(Cl)cc1)C(=O)c1c(N)n(C)c(=O)n(C)c1=O. The minimum Gasteiger partial charge on any atom is -0.384 e. The highest BCUT2D eigenvalue weighted by Crippen LogP contribution is 2.16. The van der Waals surface area contributed by atoms with Gasteiger partial charge < -0.3 is 11.1 Å². The topological polar surface area (TPSA) is 99.1 Å². The summed E-state index contributed by atoms with van der Waals surface area (Å²) in [6, 6.07) is 6.09. The fourth-order valence-corrected chi connectivity index (χ4v) is 2.30. The van der Waals surface area contributed by atoms with Gasteiger partial charge in [0.1, 0.15) is 11.4 Å². The van der Waals surface area contributed by atoms with Crippen molar-refractivity contribution >= 4 is 28.9 Å². The van der Waals surface area contributed by atoms with Gasteiger partial charge in [-0.15, -0.1) is 0 Å². The van der Waals surface area contributed by atoms with Crippen molar-refractivity contribution in [3.05, 3.63) is 55.7 Å². The van der Waals surface area contributed by atoms with Gasteiger partial charge in [-0.1, -0.05) is 11.6 Å². The number of carbonyl (C=O) groups excluding carboxylic acids is 1. The number of nitrogens with zero attached hydrogens (tertiary/aromatic N) is 2. The smallest absolute Gasteiger partial charge is 0.332 e. The minimum absolute atomic E-state index is 0.146. The predicted molar refractivity (Wildman–Crippen MR) is 90.2 cm³/mol. The van der Waals surface area contributed by atoms with E-state index in [4.69, 9.17) is 17.3 Å². The third kappa shape index (κ3) is 3.14. The summed E-state index contributed by atoms with van der Waals surface area (Å²) in [4.78, 5) is 36.6. The molecule has 0 unspecified atom stereocenters. The molecule has 0 spiro atoms. The second-order valence-corrected chi connectivity index (χ2v) is 5.64. The fourth-order valence-electron chi connectivity index (χ4n) is 2.17. The lowest BCUT2D eigenvalue weighted by atomic mass is 10.1. The highest BCUT2D eigenvalue weighted by Gasteiger charge is 2.24. The number of nitrogens with two attached hydrogens (primary N) is 1. The molecule has 0 fully saturated rings. The van der Waals surface area contributed by atoms with Crippen molar-refractivity contribution in [2.45, 2.75) is 13.0 Å². The van der Waals surface area contributed by atoms with E-state index in [-0.39, 0.29) is 11.4 Å². The van der Waals surface area contributed by atoms with Gasteiger partial charge in [-0.2, -0.15) is 0 Å². The van der Waals surface area contributed by atoms with Gasteiger partial charge >= 0.3 is 5.69 Å². The maximum atomic E-state index is 12.6. The van der Waals surface area contributed by atoms with Crippen molar-refractivity contribution in [2.75, 3.05) is 11.1 Å². The Bertz CT molecular complexity index is 868. The summed E-state index contributed by atoms with van der Waals surface area (Å²) in [6.07, 6.45) is 0. The van der Waals surface area contributed by atoms with E-state index in [1.807, 2.05) is 0 Å². The lowest BCUT2D eigenvalue weighted by Gasteiger charge is -2.16. The van der Waals surface area contributed by atoms with Gasteiger partial charge in [0.05, 0.1) is 6.04 Å². The van der Waals surface area contributed by atoms with E-state index in [1.54, 1.807) is 31.2 Å². The summed E-state index contributed by atoms with van der Waals surface area (Å²) in [7, 11) is 2.71. The van der Waals surface area contributed by atoms with Crippen molar-refractivity contribution in [1.29, 1.82) is 0 Å². The first-order chi connectivity index (χ1) is 10.7. The van der Waals surface area contributed by atoms with Crippen molar-refractivity contribution in [1.82, 2.24) is 9.13 Å². The Morgan fingerprint density at radius 1 is 1.17 bits per heavy atom. The summed E-state index contributed by atoms with van der Waals surface area (Å²) in [6.45, 7) is 1.61. The zero-order valence-corrected chi connectivity index (χ0v) is 13.7. The Morgan fingerprint density at radius 2 is 1.74 bits per heavy atom. The van der Waals surface area contributed by atoms with Crippen LogP contribution < -0.4 is 22.3 Å². The van der Waals surface area contributed by atoms with Crippen LogP contribution in [-0.4, -0.2) is 21.0 Å². The summed E-state index contributed by atoms with van der Waals surface area (Å²) in [5.74, 6) is -0.637. The third-order valence-electron chi connectivity index (χ3n) is 3.58. The quantitative estimate of drug-likeness (QED) is 0.812. The molecule has 1 aromatic carbocycles. The molecule has 0 radical (unpaired) electrons. The largest absolute Gasteiger partial charge is 0.384 e. The molecule has 7 nitrogen and oxygen atoms in total. The maximum absolute atomic E-state index is 12.6. The number of ketones is 1. The normalized spacial score (nSPS) is 12.0. The molecule has 2 rings (SSSR count). The first-order valence-corrected chi connectivity index (χ1v) is 7.23. The Hall–Kier alpha value is -2.54. The van der Waals surface area contributed by atoms with Crippen molar-refractivity contribution in [2.24, 2.45) is 14.1 Å². The molecule has 0 saturated carbocycles. The molecule has 0 amide bonds. The maximum Gasteiger partial charge on any atom is 0.332 e. The molecule has 0 saturated heterocycles. The van der Waals surface area contributed by atoms with Crippen LogP contribution in [0.1, 0.15) is 17.3 Å². The summed E-state index contributed by atoms with van der Waals surface area (Å²) >= 11 is 5.81. The number of halogens is 1. The predicted octanol–water partition coefficient (Wildman–Crippen LogP) is 1.00. The van der Waals surface area contributed by atoms with Crippen molar-refractivity contribution in [3.63, 3.8) is 0 Å². The lowest BCUT2D eigenvalue weighted by molar-refractivity contribution is 0.0973. The number of nitrogen functional groups attached to an aromatic ring is 1. The minimum atomic E-state index is -0.708. The van der Waals surface area contributed by atoms with E-state index in [0.29, 0.717) is 10.7 Å². The molecular weight excluding hydrogens is 320 g/mol. The van der Waals surface area contributed by atoms with Crippen LogP contribution in [0.15, 0.2) is 33.9 Å². The van der Waals surface area contributed by atoms with Gasteiger partial charge in [0, 0.05) is 24.8 Å². The van der Waals surface area contributed by atoms with E-state index < -0.39 is 23.1 Å². The van der Waals surface area contributed by atoms with Gasteiger partial charge in [-0.25, -0.2) is 4.79 Å². The van der Waals surface area contributed by atoms with E-state index in [0.717, 1.165) is 9.13 Å². The molecule has 1 atom stereocenters. The molecule has 2 aromatic rings. The average Bonchev–Trinajstić information content (AvgIpc) is 2.53. The van der Waals surface area contributed by atoms with Crippen LogP contribution in [0.3, 0.4) is 0 Å². The van der Waals surface area contributed by atoms with Crippen LogP contribution in [-0.2, 0) is 14.1 Å². The second-order valence-electron chi connectivity index (χ2n) is 5.20. The van der Waals surface area contributed by atoms with Crippen molar-refractivity contribution < 1.29 is 4.79 Å². The lowest BCUT2D eigenvalue weighted by Crippen LogP contribution is -2.43. The van der Waals surface area contributed by atoms with Gasteiger partial charge in [0.2, 0.25) is 0 Å². The number of Topliss-reactive ketones (excluding diaryl/α,β-unsaturated/α-hetero) is 1. The molecular formula is C15H17ClN4O3. The molecule has 23 heavy (non-hydrogen) atoms. The summed E-state index contributed by atoms with van der Waals surface area (Å²) < 4.78 is 1.93. The molecule has 0 aliphatic rings. The Morgan fingerprint density at radius 3 is 2.30 bits per heavy atom. The summed E-state index contributed by atoms with van der Waals surface area (Å²) in [5.41, 5.74) is 4.97. The van der Waals surface area contributed by atoms with Crippen LogP contribution in [0, 0.1) is 0 Å². The highest BCUT2D eigenvalue weighted by atomic mass is 35.5. The first-order valence-electron chi connectivity index (χ1n) is 6.85. The number of anilines is 2. The monoisotopic (exact) mass is 336 g/mol. The van der Waals surface area contributed by atoms with Crippen LogP contribution in [0.25, 0.3) is 0 Å². The van der Waals surface area contributed by atoms with Gasteiger partial charge in [-0.3, -0.25) is 18.7 Å². The number of rotatable bonds is 4. The number of benzene rings is 1. The molecule has 122 valence electrons. The zero-order valence-electron chi connectivity index (χ0n) is 13.0. The van der Waals surface area contributed by atoms with Gasteiger partial charge in [0.25, 0.3) is 5.56 Å². The number of carbonyl (C=O) groups is 1.